The van der Waals surface area contributed by atoms with E-state index in [1.165, 1.54) is 6.92 Å². The van der Waals surface area contributed by atoms with E-state index in [2.05, 4.69) is 0 Å². The fraction of sp³-hybridized carbons (Fsp3) is 0.500. The first kappa shape index (κ1) is 17.8. The van der Waals surface area contributed by atoms with Crippen LogP contribution in [0.4, 0.5) is 0 Å². The highest BCUT2D eigenvalue weighted by Crippen LogP contribution is 2.28. The van der Waals surface area contributed by atoms with Crippen LogP contribution in [0, 0.1) is 16.0 Å². The second-order valence-corrected chi connectivity index (χ2v) is 6.15. The minimum Gasteiger partial charge on any atom is -0.459 e. The summed E-state index contributed by atoms with van der Waals surface area (Å²) in [7, 11) is 0. The van der Waals surface area contributed by atoms with Crippen LogP contribution in [-0.4, -0.2) is 28.8 Å². The van der Waals surface area contributed by atoms with Crippen LogP contribution in [0.1, 0.15) is 39.2 Å². The third-order valence-corrected chi connectivity index (χ3v) is 3.07. The number of benzene rings is 1. The fourth-order valence-electron chi connectivity index (χ4n) is 2.24. The Kier molecular flexibility index (Phi) is 5.79. The molecule has 0 N–H and O–H groups in total. The number of esters is 1. The van der Waals surface area contributed by atoms with Crippen LogP contribution < -0.4 is 0 Å². The van der Waals surface area contributed by atoms with Crippen LogP contribution in [0.15, 0.2) is 30.3 Å². The first-order valence-electron chi connectivity index (χ1n) is 7.02. The molecule has 0 unspecified atom stereocenters. The van der Waals surface area contributed by atoms with E-state index in [0.717, 1.165) is 0 Å². The molecule has 0 aliphatic rings. The van der Waals surface area contributed by atoms with Gasteiger partial charge in [0.2, 0.25) is 6.54 Å². The van der Waals surface area contributed by atoms with Gasteiger partial charge in [0.05, 0.1) is 5.92 Å². The van der Waals surface area contributed by atoms with Crippen LogP contribution in [0.25, 0.3) is 0 Å². The minimum atomic E-state index is -1.19. The average Bonchev–Trinajstić information content (AvgIpc) is 2.35. The maximum Gasteiger partial charge on any atom is 0.317 e. The summed E-state index contributed by atoms with van der Waals surface area (Å²) < 4.78 is 5.26. The van der Waals surface area contributed by atoms with E-state index in [4.69, 9.17) is 4.74 Å². The molecule has 0 aliphatic carbocycles. The minimum absolute atomic E-state index is 0.440. The lowest BCUT2D eigenvalue weighted by Gasteiger charge is -2.26. The number of carbonyl (C=O) groups excluding carboxylic acids is 2. The zero-order valence-corrected chi connectivity index (χ0v) is 13.2. The van der Waals surface area contributed by atoms with Crippen LogP contribution in [0.3, 0.4) is 0 Å². The SMILES string of the molecule is CC(=O)[C@@H](C(=O)OC(C)(C)C)[C@H](C[N+](=O)[O-])c1ccccc1. The summed E-state index contributed by atoms with van der Waals surface area (Å²) in [6, 6.07) is 8.55. The van der Waals surface area contributed by atoms with E-state index in [1.54, 1.807) is 51.1 Å². The lowest BCUT2D eigenvalue weighted by molar-refractivity contribution is -0.484. The largest absolute Gasteiger partial charge is 0.459 e. The Hall–Kier alpha value is -2.24. The molecule has 0 saturated heterocycles. The van der Waals surface area contributed by atoms with Crippen molar-refractivity contribution in [1.82, 2.24) is 0 Å². The van der Waals surface area contributed by atoms with Gasteiger partial charge in [-0.2, -0.15) is 0 Å². The van der Waals surface area contributed by atoms with Gasteiger partial charge in [-0.3, -0.25) is 19.7 Å². The quantitative estimate of drug-likeness (QED) is 0.349. The van der Waals surface area contributed by atoms with E-state index < -0.39 is 40.7 Å². The summed E-state index contributed by atoms with van der Waals surface area (Å²) in [6.45, 7) is 5.81. The number of carbonyl (C=O) groups is 2. The standard InChI is InChI=1S/C16H21NO5/c1-11(18)14(15(19)22-16(2,3)4)13(10-17(20)21)12-8-6-5-7-9-12/h5-9,13-14H,10H2,1-4H3/t13-,14-/m1/s1. The van der Waals surface area contributed by atoms with Crippen molar-refractivity contribution in [3.8, 4) is 0 Å². The molecule has 0 bridgehead atoms. The van der Waals surface area contributed by atoms with Gasteiger partial charge in [0.15, 0.2) is 0 Å². The predicted octanol–water partition coefficient (Wildman–Crippen LogP) is 2.59. The molecule has 0 aromatic heterocycles. The molecule has 1 rings (SSSR count). The number of ketones is 1. The van der Waals surface area contributed by atoms with Crippen molar-refractivity contribution < 1.29 is 19.2 Å². The van der Waals surface area contributed by atoms with Crippen LogP contribution in [0.2, 0.25) is 0 Å². The maximum absolute atomic E-state index is 12.3. The molecule has 0 amide bonds. The normalized spacial score (nSPS) is 14.0. The number of hydrogen-bond donors (Lipinski definition) is 0. The first-order valence-corrected chi connectivity index (χ1v) is 7.02. The molecule has 6 nitrogen and oxygen atoms in total. The lowest BCUT2D eigenvalue weighted by Crippen LogP contribution is -2.37. The molecule has 120 valence electrons. The molecule has 0 saturated carbocycles. The predicted molar refractivity (Wildman–Crippen MR) is 81.1 cm³/mol. The Labute approximate surface area is 129 Å². The maximum atomic E-state index is 12.3. The second-order valence-electron chi connectivity index (χ2n) is 6.15. The van der Waals surface area contributed by atoms with E-state index in [-0.39, 0.29) is 0 Å². The van der Waals surface area contributed by atoms with Gasteiger partial charge in [0.1, 0.15) is 17.3 Å². The Morgan fingerprint density at radius 1 is 1.23 bits per heavy atom. The summed E-state index contributed by atoms with van der Waals surface area (Å²) in [4.78, 5) is 34.7. The molecular formula is C16H21NO5. The first-order chi connectivity index (χ1) is 10.1. The second kappa shape index (κ2) is 7.15. The van der Waals surface area contributed by atoms with Crippen molar-refractivity contribution in [2.75, 3.05) is 6.54 Å². The van der Waals surface area contributed by atoms with Crippen molar-refractivity contribution in [2.45, 2.75) is 39.2 Å². The van der Waals surface area contributed by atoms with E-state index >= 15 is 0 Å². The molecule has 2 atom stereocenters. The molecule has 0 heterocycles. The molecule has 0 fully saturated rings. The number of hydrogen-bond acceptors (Lipinski definition) is 5. The van der Waals surface area contributed by atoms with E-state index in [1.807, 2.05) is 0 Å². The van der Waals surface area contributed by atoms with Crippen molar-refractivity contribution in [2.24, 2.45) is 5.92 Å². The van der Waals surface area contributed by atoms with Crippen molar-refractivity contribution in [3.05, 3.63) is 46.0 Å². The third-order valence-electron chi connectivity index (χ3n) is 3.07. The van der Waals surface area contributed by atoms with E-state index in [0.29, 0.717) is 5.56 Å². The Balaban J connectivity index is 3.19. The fourth-order valence-corrected chi connectivity index (χ4v) is 2.24. The van der Waals surface area contributed by atoms with Gasteiger partial charge in [-0.25, -0.2) is 0 Å². The van der Waals surface area contributed by atoms with Crippen molar-refractivity contribution in [3.63, 3.8) is 0 Å². The number of Topliss-reactive ketones (excluding diaryl/α,β-unsaturated/α-hetero) is 1. The molecule has 1 aromatic carbocycles. The van der Waals surface area contributed by atoms with Gasteiger partial charge < -0.3 is 4.74 Å². The number of ether oxygens (including phenoxy) is 1. The van der Waals surface area contributed by atoms with Gasteiger partial charge in [0.25, 0.3) is 0 Å². The van der Waals surface area contributed by atoms with Gasteiger partial charge in [-0.05, 0) is 33.3 Å². The summed E-state index contributed by atoms with van der Waals surface area (Å²) in [5, 5.41) is 11.0. The van der Waals surface area contributed by atoms with Crippen molar-refractivity contribution >= 4 is 11.8 Å². The average molecular weight is 307 g/mol. The zero-order valence-electron chi connectivity index (χ0n) is 13.2. The van der Waals surface area contributed by atoms with Crippen LogP contribution in [-0.2, 0) is 14.3 Å². The van der Waals surface area contributed by atoms with Gasteiger partial charge >= 0.3 is 5.97 Å². The Morgan fingerprint density at radius 3 is 2.18 bits per heavy atom. The van der Waals surface area contributed by atoms with Crippen LogP contribution in [0.5, 0.6) is 0 Å². The summed E-state index contributed by atoms with van der Waals surface area (Å²) in [5.74, 6) is -3.20. The topological polar surface area (TPSA) is 86.5 Å². The molecule has 0 aliphatic heterocycles. The highest BCUT2D eigenvalue weighted by Gasteiger charge is 2.39. The summed E-state index contributed by atoms with van der Waals surface area (Å²) >= 11 is 0. The molecular weight excluding hydrogens is 286 g/mol. The molecule has 22 heavy (non-hydrogen) atoms. The monoisotopic (exact) mass is 307 g/mol. The molecule has 0 radical (unpaired) electrons. The number of rotatable bonds is 6. The van der Waals surface area contributed by atoms with E-state index in [9.17, 15) is 19.7 Å². The zero-order chi connectivity index (χ0) is 16.9. The van der Waals surface area contributed by atoms with Gasteiger partial charge in [-0.15, -0.1) is 0 Å². The Morgan fingerprint density at radius 2 is 1.77 bits per heavy atom. The number of nitrogens with zero attached hydrogens (tertiary/aromatic N) is 1. The molecule has 0 spiro atoms. The summed E-state index contributed by atoms with van der Waals surface area (Å²) in [5.41, 5.74) is -0.189. The smallest absolute Gasteiger partial charge is 0.317 e. The van der Waals surface area contributed by atoms with Crippen molar-refractivity contribution in [1.29, 1.82) is 0 Å². The van der Waals surface area contributed by atoms with Gasteiger partial charge in [-0.1, -0.05) is 30.3 Å². The van der Waals surface area contributed by atoms with Crippen LogP contribution >= 0.6 is 0 Å². The highest BCUT2D eigenvalue weighted by molar-refractivity contribution is 5.99. The van der Waals surface area contributed by atoms with Gasteiger partial charge in [0, 0.05) is 4.92 Å². The third kappa shape index (κ3) is 5.27. The summed E-state index contributed by atoms with van der Waals surface area (Å²) in [6.07, 6.45) is 0. The Bertz CT molecular complexity index is 547. The number of nitro groups is 1. The highest BCUT2D eigenvalue weighted by atomic mass is 16.6. The molecule has 6 heteroatoms. The lowest BCUT2D eigenvalue weighted by atomic mass is 9.83. The molecule has 1 aromatic rings.